The number of amides is 2. The number of likely N-dealkylation sites (N-methyl/N-ethyl adjacent to an activating group) is 2. The highest BCUT2D eigenvalue weighted by atomic mass is 16.2. The van der Waals surface area contributed by atoms with Gasteiger partial charge in [-0.25, -0.2) is 0 Å². The summed E-state index contributed by atoms with van der Waals surface area (Å²) in [6.07, 6.45) is 0.329. The molecule has 1 aromatic rings. The third-order valence-corrected chi connectivity index (χ3v) is 3.14. The number of nitrogens with one attached hydrogen (secondary N) is 1. The number of hydrogen-bond acceptors (Lipinski definition) is 4. The molecule has 0 saturated heterocycles. The second-order valence-corrected chi connectivity index (χ2v) is 5.19. The van der Waals surface area contributed by atoms with Crippen LogP contribution in [0.1, 0.15) is 12.0 Å². The van der Waals surface area contributed by atoms with E-state index in [1.165, 1.54) is 4.90 Å². The van der Waals surface area contributed by atoms with Crippen LogP contribution in [-0.4, -0.2) is 55.8 Å². The summed E-state index contributed by atoms with van der Waals surface area (Å²) in [5, 5.41) is 2.85. The fraction of sp³-hybridized carbons (Fsp3) is 0.467. The number of rotatable bonds is 7. The van der Waals surface area contributed by atoms with Crippen molar-refractivity contribution >= 4 is 17.5 Å². The Bertz CT molecular complexity index is 488. The maximum atomic E-state index is 11.9. The smallest absolute Gasteiger partial charge is 0.236 e. The molecular weight excluding hydrogens is 268 g/mol. The molecule has 0 aliphatic heterocycles. The number of benzene rings is 1. The minimum atomic E-state index is -0.0833. The number of anilines is 1. The maximum absolute atomic E-state index is 11.9. The maximum Gasteiger partial charge on any atom is 0.236 e. The molecule has 6 nitrogen and oxygen atoms in total. The zero-order chi connectivity index (χ0) is 15.8. The SMILES string of the molecule is CN(CCC(=O)Nc1ccccc1CN)CC(=O)N(C)C. The van der Waals surface area contributed by atoms with Crippen LogP contribution in [0, 0.1) is 0 Å². The van der Waals surface area contributed by atoms with Gasteiger partial charge in [0.2, 0.25) is 11.8 Å². The second kappa shape index (κ2) is 8.39. The van der Waals surface area contributed by atoms with Crippen molar-refractivity contribution in [3.63, 3.8) is 0 Å². The first kappa shape index (κ1) is 17.1. The predicted molar refractivity (Wildman–Crippen MR) is 83.8 cm³/mol. The van der Waals surface area contributed by atoms with Gasteiger partial charge in [0.25, 0.3) is 0 Å². The van der Waals surface area contributed by atoms with Crippen LogP contribution in [0.3, 0.4) is 0 Å². The Balaban J connectivity index is 2.42. The number of para-hydroxylation sites is 1. The molecule has 0 heterocycles. The van der Waals surface area contributed by atoms with E-state index in [1.807, 2.05) is 36.2 Å². The van der Waals surface area contributed by atoms with Crippen molar-refractivity contribution in [3.8, 4) is 0 Å². The van der Waals surface area contributed by atoms with Crippen LogP contribution >= 0.6 is 0 Å². The van der Waals surface area contributed by atoms with Gasteiger partial charge >= 0.3 is 0 Å². The molecule has 0 fully saturated rings. The number of nitrogens with zero attached hydrogens (tertiary/aromatic N) is 2. The van der Waals surface area contributed by atoms with E-state index in [4.69, 9.17) is 5.73 Å². The summed E-state index contributed by atoms with van der Waals surface area (Å²) < 4.78 is 0. The fourth-order valence-corrected chi connectivity index (χ4v) is 1.78. The topological polar surface area (TPSA) is 78.7 Å². The molecule has 0 radical (unpaired) electrons. The number of nitrogens with two attached hydrogens (primary N) is 1. The highest BCUT2D eigenvalue weighted by molar-refractivity contribution is 5.91. The Kier molecular flexibility index (Phi) is 6.84. The van der Waals surface area contributed by atoms with Crippen LogP contribution in [0.25, 0.3) is 0 Å². The highest BCUT2D eigenvalue weighted by Crippen LogP contribution is 2.14. The lowest BCUT2D eigenvalue weighted by molar-refractivity contribution is -0.130. The zero-order valence-electron chi connectivity index (χ0n) is 12.9. The lowest BCUT2D eigenvalue weighted by Gasteiger charge is -2.18. The highest BCUT2D eigenvalue weighted by Gasteiger charge is 2.11. The first-order valence-corrected chi connectivity index (χ1v) is 6.90. The van der Waals surface area contributed by atoms with Gasteiger partial charge in [0.05, 0.1) is 6.54 Å². The van der Waals surface area contributed by atoms with E-state index in [2.05, 4.69) is 5.32 Å². The molecule has 0 aliphatic rings. The lowest BCUT2D eigenvalue weighted by Crippen LogP contribution is -2.35. The molecule has 0 aromatic heterocycles. The van der Waals surface area contributed by atoms with Crippen molar-refractivity contribution in [2.24, 2.45) is 5.73 Å². The molecule has 0 unspecified atom stereocenters. The lowest BCUT2D eigenvalue weighted by atomic mass is 10.1. The summed E-state index contributed by atoms with van der Waals surface area (Å²) >= 11 is 0. The molecule has 1 rings (SSSR count). The van der Waals surface area contributed by atoms with Crippen molar-refractivity contribution < 1.29 is 9.59 Å². The average Bonchev–Trinajstić information content (AvgIpc) is 2.45. The van der Waals surface area contributed by atoms with Gasteiger partial charge in [0.15, 0.2) is 0 Å². The van der Waals surface area contributed by atoms with Gasteiger partial charge in [0.1, 0.15) is 0 Å². The van der Waals surface area contributed by atoms with E-state index >= 15 is 0 Å². The molecule has 0 atom stereocenters. The normalized spacial score (nSPS) is 10.5. The average molecular weight is 292 g/mol. The Morgan fingerprint density at radius 3 is 2.48 bits per heavy atom. The monoisotopic (exact) mass is 292 g/mol. The molecule has 3 N–H and O–H groups in total. The molecule has 0 saturated carbocycles. The van der Waals surface area contributed by atoms with Crippen LogP contribution < -0.4 is 11.1 Å². The van der Waals surface area contributed by atoms with E-state index in [9.17, 15) is 9.59 Å². The summed E-state index contributed by atoms with van der Waals surface area (Å²) in [6, 6.07) is 7.46. The van der Waals surface area contributed by atoms with Gasteiger partial charge in [-0.05, 0) is 18.7 Å². The largest absolute Gasteiger partial charge is 0.348 e. The third-order valence-electron chi connectivity index (χ3n) is 3.14. The Morgan fingerprint density at radius 1 is 1.19 bits per heavy atom. The molecule has 116 valence electrons. The van der Waals surface area contributed by atoms with Crippen molar-refractivity contribution in [2.45, 2.75) is 13.0 Å². The van der Waals surface area contributed by atoms with Crippen molar-refractivity contribution in [1.29, 1.82) is 0 Å². The van der Waals surface area contributed by atoms with E-state index < -0.39 is 0 Å². The molecule has 1 aromatic carbocycles. The number of carbonyl (C=O) groups excluding carboxylic acids is 2. The number of carbonyl (C=O) groups is 2. The fourth-order valence-electron chi connectivity index (χ4n) is 1.78. The van der Waals surface area contributed by atoms with E-state index in [1.54, 1.807) is 14.1 Å². The molecule has 21 heavy (non-hydrogen) atoms. The van der Waals surface area contributed by atoms with Crippen molar-refractivity contribution in [2.75, 3.05) is 39.5 Å². The Morgan fingerprint density at radius 2 is 1.86 bits per heavy atom. The summed E-state index contributed by atoms with van der Waals surface area (Å²) in [7, 11) is 5.25. The van der Waals surface area contributed by atoms with Gasteiger partial charge in [-0.15, -0.1) is 0 Å². The van der Waals surface area contributed by atoms with Crippen molar-refractivity contribution in [3.05, 3.63) is 29.8 Å². The molecule has 2 amide bonds. The predicted octanol–water partition coefficient (Wildman–Crippen LogP) is 0.494. The van der Waals surface area contributed by atoms with Gasteiger partial charge in [-0.2, -0.15) is 0 Å². The van der Waals surface area contributed by atoms with Crippen LogP contribution in [-0.2, 0) is 16.1 Å². The minimum absolute atomic E-state index is 0.0198. The minimum Gasteiger partial charge on any atom is -0.348 e. The second-order valence-electron chi connectivity index (χ2n) is 5.19. The Labute approximate surface area is 125 Å². The van der Waals surface area contributed by atoms with Gasteiger partial charge < -0.3 is 16.0 Å². The van der Waals surface area contributed by atoms with E-state index in [0.717, 1.165) is 11.3 Å². The van der Waals surface area contributed by atoms with Gasteiger partial charge in [0, 0.05) is 39.3 Å². The van der Waals surface area contributed by atoms with Crippen LogP contribution in [0.2, 0.25) is 0 Å². The summed E-state index contributed by atoms with van der Waals surface area (Å²) in [6.45, 7) is 1.21. The molecule has 6 heteroatoms. The first-order valence-electron chi connectivity index (χ1n) is 6.90. The molecular formula is C15H24N4O2. The third kappa shape index (κ3) is 5.93. The van der Waals surface area contributed by atoms with Crippen LogP contribution in [0.15, 0.2) is 24.3 Å². The van der Waals surface area contributed by atoms with E-state index in [-0.39, 0.29) is 11.8 Å². The number of hydrogen-bond donors (Lipinski definition) is 2. The van der Waals surface area contributed by atoms with Crippen molar-refractivity contribution in [1.82, 2.24) is 9.80 Å². The quantitative estimate of drug-likeness (QED) is 0.767. The molecule has 0 spiro atoms. The van der Waals surface area contributed by atoms with E-state index in [0.29, 0.717) is 26.1 Å². The van der Waals surface area contributed by atoms with Gasteiger partial charge in [-0.1, -0.05) is 18.2 Å². The summed E-state index contributed by atoms with van der Waals surface area (Å²) in [5.41, 5.74) is 7.28. The molecule has 0 bridgehead atoms. The summed E-state index contributed by atoms with van der Waals surface area (Å²) in [5.74, 6) is -0.0635. The standard InChI is InChI=1S/C15H24N4O2/c1-18(2)15(21)11-19(3)9-8-14(20)17-13-7-5-4-6-12(13)10-16/h4-7H,8-11,16H2,1-3H3,(H,17,20). The van der Waals surface area contributed by atoms with Crippen LogP contribution in [0.5, 0.6) is 0 Å². The molecule has 0 aliphatic carbocycles. The van der Waals surface area contributed by atoms with Crippen LogP contribution in [0.4, 0.5) is 5.69 Å². The van der Waals surface area contributed by atoms with Gasteiger partial charge in [-0.3, -0.25) is 14.5 Å². The Hall–Kier alpha value is -1.92. The summed E-state index contributed by atoms with van der Waals surface area (Å²) in [4.78, 5) is 26.8. The first-order chi connectivity index (χ1) is 9.93. The zero-order valence-corrected chi connectivity index (χ0v) is 12.9.